The van der Waals surface area contributed by atoms with Gasteiger partial charge >= 0.3 is 11.9 Å². The number of rotatable bonds is 6. The molecule has 2 aromatic carbocycles. The van der Waals surface area contributed by atoms with E-state index < -0.39 is 11.9 Å². The standard InChI is InChI=1S/C18H16O5/c1-2-11-6-8-12(9-7-11)16(19)10-15-13(17(20)21)4-3-5-14(15)18(22)23/h3-9H,2,10H2,1H3,(H,20,21)(H,22,23). The van der Waals surface area contributed by atoms with E-state index in [1.807, 2.05) is 19.1 Å². The third-order valence-electron chi connectivity index (χ3n) is 3.66. The van der Waals surface area contributed by atoms with E-state index in [9.17, 15) is 24.6 Å². The Kier molecular flexibility index (Phi) is 4.91. The second-order valence-corrected chi connectivity index (χ2v) is 5.09. The average Bonchev–Trinajstić information content (AvgIpc) is 2.54. The van der Waals surface area contributed by atoms with Gasteiger partial charge in [0.2, 0.25) is 0 Å². The summed E-state index contributed by atoms with van der Waals surface area (Å²) in [6.07, 6.45) is 0.578. The van der Waals surface area contributed by atoms with E-state index in [-0.39, 0.29) is 28.9 Å². The van der Waals surface area contributed by atoms with Crippen molar-refractivity contribution in [2.45, 2.75) is 19.8 Å². The third kappa shape index (κ3) is 3.63. The molecule has 0 unspecified atom stereocenters. The summed E-state index contributed by atoms with van der Waals surface area (Å²) in [6.45, 7) is 2.00. The van der Waals surface area contributed by atoms with E-state index in [4.69, 9.17) is 0 Å². The van der Waals surface area contributed by atoms with Crippen molar-refractivity contribution in [1.29, 1.82) is 0 Å². The molecule has 5 nitrogen and oxygen atoms in total. The molecule has 5 heteroatoms. The highest BCUT2D eigenvalue weighted by atomic mass is 16.4. The van der Waals surface area contributed by atoms with Crippen molar-refractivity contribution in [3.63, 3.8) is 0 Å². The summed E-state index contributed by atoms with van der Waals surface area (Å²) in [5, 5.41) is 18.4. The Morgan fingerprint density at radius 2 is 1.39 bits per heavy atom. The summed E-state index contributed by atoms with van der Waals surface area (Å²) in [4.78, 5) is 35.0. The molecule has 0 saturated heterocycles. The minimum Gasteiger partial charge on any atom is -0.478 e. The zero-order valence-corrected chi connectivity index (χ0v) is 12.6. The van der Waals surface area contributed by atoms with Crippen LogP contribution in [0.5, 0.6) is 0 Å². The number of Topliss-reactive ketones (excluding diaryl/α,β-unsaturated/α-hetero) is 1. The van der Waals surface area contributed by atoms with Crippen LogP contribution in [-0.4, -0.2) is 27.9 Å². The van der Waals surface area contributed by atoms with Crippen LogP contribution in [0.3, 0.4) is 0 Å². The third-order valence-corrected chi connectivity index (χ3v) is 3.66. The van der Waals surface area contributed by atoms with Crippen molar-refractivity contribution in [1.82, 2.24) is 0 Å². The molecule has 118 valence electrons. The molecule has 0 bridgehead atoms. The number of aryl methyl sites for hydroxylation is 1. The lowest BCUT2D eigenvalue weighted by Gasteiger charge is -2.09. The van der Waals surface area contributed by atoms with Crippen LogP contribution < -0.4 is 0 Å². The molecular formula is C18H16O5. The van der Waals surface area contributed by atoms with Gasteiger partial charge in [-0.3, -0.25) is 4.79 Å². The van der Waals surface area contributed by atoms with Crippen LogP contribution >= 0.6 is 0 Å². The van der Waals surface area contributed by atoms with Gasteiger partial charge in [-0.2, -0.15) is 0 Å². The van der Waals surface area contributed by atoms with E-state index in [0.717, 1.165) is 12.0 Å². The minimum atomic E-state index is -1.25. The van der Waals surface area contributed by atoms with Crippen LogP contribution in [0.4, 0.5) is 0 Å². The molecule has 0 spiro atoms. The van der Waals surface area contributed by atoms with Crippen LogP contribution in [0.2, 0.25) is 0 Å². The molecule has 0 atom stereocenters. The fraction of sp³-hybridized carbons (Fsp3) is 0.167. The zero-order chi connectivity index (χ0) is 17.0. The normalized spacial score (nSPS) is 10.3. The Morgan fingerprint density at radius 3 is 1.83 bits per heavy atom. The van der Waals surface area contributed by atoms with E-state index in [1.54, 1.807) is 12.1 Å². The first-order valence-corrected chi connectivity index (χ1v) is 7.14. The van der Waals surface area contributed by atoms with Gasteiger partial charge in [0.25, 0.3) is 0 Å². The maximum Gasteiger partial charge on any atom is 0.336 e. The fourth-order valence-electron chi connectivity index (χ4n) is 2.37. The second-order valence-electron chi connectivity index (χ2n) is 5.09. The molecular weight excluding hydrogens is 296 g/mol. The van der Waals surface area contributed by atoms with Crippen LogP contribution in [0.25, 0.3) is 0 Å². The average molecular weight is 312 g/mol. The molecule has 0 amide bonds. The molecule has 0 heterocycles. The molecule has 0 aliphatic heterocycles. The molecule has 0 aromatic heterocycles. The van der Waals surface area contributed by atoms with Crippen LogP contribution in [-0.2, 0) is 12.8 Å². The summed E-state index contributed by atoms with van der Waals surface area (Å²) in [6, 6.07) is 11.0. The van der Waals surface area contributed by atoms with Gasteiger partial charge in [0.05, 0.1) is 11.1 Å². The lowest BCUT2D eigenvalue weighted by Crippen LogP contribution is -2.14. The smallest absolute Gasteiger partial charge is 0.336 e. The van der Waals surface area contributed by atoms with Crippen LogP contribution in [0, 0.1) is 0 Å². The Hall–Kier alpha value is -2.95. The van der Waals surface area contributed by atoms with Crippen LogP contribution in [0.15, 0.2) is 42.5 Å². The van der Waals surface area contributed by atoms with E-state index in [0.29, 0.717) is 5.56 Å². The van der Waals surface area contributed by atoms with Gasteiger partial charge in [-0.25, -0.2) is 9.59 Å². The Balaban J connectivity index is 2.39. The number of hydrogen-bond acceptors (Lipinski definition) is 3. The number of hydrogen-bond donors (Lipinski definition) is 2. The lowest BCUT2D eigenvalue weighted by atomic mass is 9.94. The predicted molar refractivity (Wildman–Crippen MR) is 84.2 cm³/mol. The fourth-order valence-corrected chi connectivity index (χ4v) is 2.37. The molecule has 0 aliphatic rings. The van der Waals surface area contributed by atoms with Crippen molar-refractivity contribution >= 4 is 17.7 Å². The minimum absolute atomic E-state index is 0.0251. The van der Waals surface area contributed by atoms with E-state index >= 15 is 0 Å². The van der Waals surface area contributed by atoms with E-state index in [1.165, 1.54) is 18.2 Å². The summed E-state index contributed by atoms with van der Waals surface area (Å²) in [5.74, 6) is -2.82. The molecule has 2 aromatic rings. The van der Waals surface area contributed by atoms with Gasteiger partial charge in [-0.15, -0.1) is 0 Å². The highest BCUT2D eigenvalue weighted by Crippen LogP contribution is 2.19. The highest BCUT2D eigenvalue weighted by Gasteiger charge is 2.21. The lowest BCUT2D eigenvalue weighted by molar-refractivity contribution is 0.0696. The number of carboxylic acids is 2. The zero-order valence-electron chi connectivity index (χ0n) is 12.6. The first-order chi connectivity index (χ1) is 10.9. The van der Waals surface area contributed by atoms with Gasteiger partial charge < -0.3 is 10.2 Å². The quantitative estimate of drug-likeness (QED) is 0.800. The predicted octanol–water partition coefficient (Wildman–Crippen LogP) is 3.07. The van der Waals surface area contributed by atoms with Gasteiger partial charge in [0, 0.05) is 12.0 Å². The van der Waals surface area contributed by atoms with E-state index in [2.05, 4.69) is 0 Å². The van der Waals surface area contributed by atoms with Gasteiger partial charge in [0.15, 0.2) is 5.78 Å². The highest BCUT2D eigenvalue weighted by molar-refractivity contribution is 6.03. The second kappa shape index (κ2) is 6.87. The monoisotopic (exact) mass is 312 g/mol. The maximum atomic E-state index is 12.4. The molecule has 23 heavy (non-hydrogen) atoms. The van der Waals surface area contributed by atoms with Gasteiger partial charge in [0.1, 0.15) is 0 Å². The summed E-state index contributed by atoms with van der Waals surface area (Å²) in [5.41, 5.74) is 1.21. The SMILES string of the molecule is CCc1ccc(C(=O)Cc2c(C(=O)O)cccc2C(=O)O)cc1. The summed E-state index contributed by atoms with van der Waals surface area (Å²) in [7, 11) is 0. The summed E-state index contributed by atoms with van der Waals surface area (Å²) < 4.78 is 0. The molecule has 0 saturated carbocycles. The number of carbonyl (C=O) groups excluding carboxylic acids is 1. The number of benzene rings is 2. The van der Waals surface area contributed by atoms with Gasteiger partial charge in [-0.1, -0.05) is 37.3 Å². The number of carbonyl (C=O) groups is 3. The first-order valence-electron chi connectivity index (χ1n) is 7.14. The Labute approximate surface area is 133 Å². The summed E-state index contributed by atoms with van der Waals surface area (Å²) >= 11 is 0. The number of ketones is 1. The molecule has 2 rings (SSSR count). The molecule has 2 N–H and O–H groups in total. The topological polar surface area (TPSA) is 91.7 Å². The number of carboxylic acid groups (broad SMARTS) is 2. The molecule has 0 fully saturated rings. The Morgan fingerprint density at radius 1 is 0.870 bits per heavy atom. The van der Waals surface area contributed by atoms with Crippen molar-refractivity contribution in [3.05, 3.63) is 70.3 Å². The van der Waals surface area contributed by atoms with Crippen molar-refractivity contribution < 1.29 is 24.6 Å². The largest absolute Gasteiger partial charge is 0.478 e. The Bertz CT molecular complexity index is 727. The van der Waals surface area contributed by atoms with Gasteiger partial charge in [-0.05, 0) is 29.7 Å². The van der Waals surface area contributed by atoms with Crippen molar-refractivity contribution in [3.8, 4) is 0 Å². The van der Waals surface area contributed by atoms with Crippen molar-refractivity contribution in [2.24, 2.45) is 0 Å². The number of aromatic carboxylic acids is 2. The molecule has 0 radical (unpaired) electrons. The van der Waals surface area contributed by atoms with Crippen molar-refractivity contribution in [2.75, 3.05) is 0 Å². The maximum absolute atomic E-state index is 12.4. The first kappa shape index (κ1) is 16.4. The molecule has 0 aliphatic carbocycles. The van der Waals surface area contributed by atoms with Crippen LogP contribution in [0.1, 0.15) is 49.1 Å².